The van der Waals surface area contributed by atoms with E-state index in [1.165, 1.54) is 19.3 Å². The zero-order valence-electron chi connectivity index (χ0n) is 14.4. The van der Waals surface area contributed by atoms with E-state index in [-0.39, 0.29) is 12.5 Å². The number of hydrogen-bond acceptors (Lipinski definition) is 4. The van der Waals surface area contributed by atoms with Gasteiger partial charge in [0.05, 0.1) is 17.3 Å². The number of nitrogens with zero attached hydrogens (tertiary/aromatic N) is 3. The van der Waals surface area contributed by atoms with Crippen LogP contribution >= 0.6 is 0 Å². The fourth-order valence-electron chi connectivity index (χ4n) is 3.69. The quantitative estimate of drug-likeness (QED) is 0.791. The topological polar surface area (TPSA) is 73.0 Å². The van der Waals surface area contributed by atoms with E-state index >= 15 is 0 Å². The molecule has 130 valence electrons. The Kier molecular flexibility index (Phi) is 4.26. The third-order valence-electron chi connectivity index (χ3n) is 4.86. The Morgan fingerprint density at radius 2 is 2.16 bits per heavy atom. The van der Waals surface area contributed by atoms with Crippen LogP contribution in [0.1, 0.15) is 37.8 Å². The van der Waals surface area contributed by atoms with Crippen molar-refractivity contribution in [1.82, 2.24) is 20.1 Å². The normalized spacial score (nSPS) is 15.6. The summed E-state index contributed by atoms with van der Waals surface area (Å²) in [4.78, 5) is 16.9. The van der Waals surface area contributed by atoms with E-state index in [1.54, 1.807) is 17.1 Å². The molecule has 0 saturated heterocycles. The van der Waals surface area contributed by atoms with Crippen molar-refractivity contribution < 1.29 is 9.21 Å². The predicted octanol–water partition coefficient (Wildman–Crippen LogP) is 3.45. The standard InChI is InChI=1S/C19H22N4O2/c1-13-18-15(16-8-5-11-25-16)9-10-20-19(18)23(22-13)12-17(24)21-14-6-3-2-4-7-14/h5,8-11,14H,2-4,6-7,12H2,1H3,(H,21,24). The molecule has 0 unspecified atom stereocenters. The number of carbonyl (C=O) groups excluding carboxylic acids is 1. The lowest BCUT2D eigenvalue weighted by Gasteiger charge is -2.22. The van der Waals surface area contributed by atoms with Crippen LogP contribution < -0.4 is 5.32 Å². The van der Waals surface area contributed by atoms with E-state index in [1.807, 2.05) is 25.1 Å². The number of fused-ring (bicyclic) bond motifs is 1. The summed E-state index contributed by atoms with van der Waals surface area (Å²) in [5.74, 6) is 0.781. The molecule has 0 spiro atoms. The Balaban J connectivity index is 1.60. The van der Waals surface area contributed by atoms with Gasteiger partial charge in [0.15, 0.2) is 5.65 Å². The van der Waals surface area contributed by atoms with E-state index in [0.717, 1.165) is 35.2 Å². The average molecular weight is 338 g/mol. The molecule has 1 amide bonds. The van der Waals surface area contributed by atoms with Gasteiger partial charge in [0, 0.05) is 17.8 Å². The molecule has 6 nitrogen and oxygen atoms in total. The van der Waals surface area contributed by atoms with Crippen molar-refractivity contribution in [2.75, 3.05) is 0 Å². The summed E-state index contributed by atoms with van der Waals surface area (Å²) in [6.45, 7) is 2.13. The lowest BCUT2D eigenvalue weighted by molar-refractivity contribution is -0.122. The van der Waals surface area contributed by atoms with Crippen molar-refractivity contribution in [2.24, 2.45) is 0 Å². The molecule has 3 heterocycles. The first kappa shape index (κ1) is 15.9. The lowest BCUT2D eigenvalue weighted by Crippen LogP contribution is -2.38. The Labute approximate surface area is 146 Å². The molecule has 1 saturated carbocycles. The minimum atomic E-state index is 0.00139. The molecule has 1 fully saturated rings. The van der Waals surface area contributed by atoms with E-state index in [0.29, 0.717) is 11.7 Å². The third kappa shape index (κ3) is 3.16. The van der Waals surface area contributed by atoms with Crippen molar-refractivity contribution in [3.8, 4) is 11.3 Å². The predicted molar refractivity (Wildman–Crippen MR) is 95.0 cm³/mol. The number of amides is 1. The van der Waals surface area contributed by atoms with E-state index < -0.39 is 0 Å². The molecule has 0 atom stereocenters. The minimum absolute atomic E-state index is 0.00139. The van der Waals surface area contributed by atoms with Gasteiger partial charge >= 0.3 is 0 Å². The molecule has 4 rings (SSSR count). The number of furan rings is 1. The summed E-state index contributed by atoms with van der Waals surface area (Å²) < 4.78 is 7.22. The molecule has 1 N–H and O–H groups in total. The van der Waals surface area contributed by atoms with Gasteiger partial charge in [-0.05, 0) is 38.0 Å². The Hall–Kier alpha value is -2.63. The molecule has 1 aliphatic rings. The zero-order chi connectivity index (χ0) is 17.2. The zero-order valence-corrected chi connectivity index (χ0v) is 14.4. The summed E-state index contributed by atoms with van der Waals surface area (Å²) in [7, 11) is 0. The Morgan fingerprint density at radius 3 is 2.92 bits per heavy atom. The smallest absolute Gasteiger partial charge is 0.242 e. The van der Waals surface area contributed by atoms with Gasteiger partial charge in [0.2, 0.25) is 5.91 Å². The number of pyridine rings is 1. The van der Waals surface area contributed by atoms with Crippen LogP contribution in [0.5, 0.6) is 0 Å². The molecule has 25 heavy (non-hydrogen) atoms. The van der Waals surface area contributed by atoms with E-state index in [2.05, 4.69) is 15.4 Å². The average Bonchev–Trinajstić information content (AvgIpc) is 3.25. The fourth-order valence-corrected chi connectivity index (χ4v) is 3.69. The van der Waals surface area contributed by atoms with Crippen LogP contribution in [0.15, 0.2) is 35.1 Å². The maximum atomic E-state index is 12.4. The van der Waals surface area contributed by atoms with Gasteiger partial charge in [-0.25, -0.2) is 9.67 Å². The summed E-state index contributed by atoms with van der Waals surface area (Å²) in [6, 6.07) is 6.00. The number of aromatic nitrogens is 3. The second kappa shape index (κ2) is 6.70. The van der Waals surface area contributed by atoms with Crippen LogP contribution in [0.4, 0.5) is 0 Å². The van der Waals surface area contributed by atoms with Gasteiger partial charge in [0.25, 0.3) is 0 Å². The fraction of sp³-hybridized carbons (Fsp3) is 0.421. The maximum absolute atomic E-state index is 12.4. The van der Waals surface area contributed by atoms with Crippen LogP contribution in [0, 0.1) is 6.92 Å². The molecule has 1 aliphatic carbocycles. The van der Waals surface area contributed by atoms with Gasteiger partial charge in [0.1, 0.15) is 12.3 Å². The Bertz CT molecular complexity index is 876. The van der Waals surface area contributed by atoms with Crippen molar-refractivity contribution in [3.05, 3.63) is 36.4 Å². The van der Waals surface area contributed by atoms with E-state index in [9.17, 15) is 4.79 Å². The van der Waals surface area contributed by atoms with Crippen LogP contribution in [0.2, 0.25) is 0 Å². The lowest BCUT2D eigenvalue weighted by atomic mass is 9.95. The van der Waals surface area contributed by atoms with E-state index in [4.69, 9.17) is 4.42 Å². The Morgan fingerprint density at radius 1 is 1.32 bits per heavy atom. The number of aryl methyl sites for hydroxylation is 1. The molecule has 0 aromatic carbocycles. The third-order valence-corrected chi connectivity index (χ3v) is 4.86. The van der Waals surface area contributed by atoms with Gasteiger partial charge in [-0.2, -0.15) is 5.10 Å². The molecule has 0 radical (unpaired) electrons. The van der Waals surface area contributed by atoms with Crippen molar-refractivity contribution in [2.45, 2.75) is 51.6 Å². The SMILES string of the molecule is Cc1nn(CC(=O)NC2CCCCC2)c2nccc(-c3ccco3)c12. The molecular formula is C19H22N4O2. The second-order valence-electron chi connectivity index (χ2n) is 6.68. The van der Waals surface area contributed by atoms with Crippen LogP contribution in [-0.4, -0.2) is 26.7 Å². The largest absolute Gasteiger partial charge is 0.464 e. The highest BCUT2D eigenvalue weighted by Gasteiger charge is 2.19. The number of nitrogens with one attached hydrogen (secondary N) is 1. The highest BCUT2D eigenvalue weighted by Crippen LogP contribution is 2.30. The number of rotatable bonds is 4. The van der Waals surface area contributed by atoms with Crippen molar-refractivity contribution >= 4 is 16.9 Å². The monoisotopic (exact) mass is 338 g/mol. The molecule has 6 heteroatoms. The highest BCUT2D eigenvalue weighted by molar-refractivity contribution is 5.93. The maximum Gasteiger partial charge on any atom is 0.242 e. The van der Waals surface area contributed by atoms with Gasteiger partial charge in [-0.1, -0.05) is 19.3 Å². The number of hydrogen-bond donors (Lipinski definition) is 1. The van der Waals surface area contributed by atoms with Gasteiger partial charge < -0.3 is 9.73 Å². The number of carbonyl (C=O) groups is 1. The second-order valence-corrected chi connectivity index (χ2v) is 6.68. The van der Waals surface area contributed by atoms with Gasteiger partial charge in [-0.15, -0.1) is 0 Å². The van der Waals surface area contributed by atoms with Crippen LogP contribution in [-0.2, 0) is 11.3 Å². The molecule has 0 aliphatic heterocycles. The first-order valence-electron chi connectivity index (χ1n) is 8.88. The van der Waals surface area contributed by atoms with Crippen molar-refractivity contribution in [1.29, 1.82) is 0 Å². The first-order valence-corrected chi connectivity index (χ1v) is 8.88. The molecule has 3 aromatic rings. The van der Waals surface area contributed by atoms with Gasteiger partial charge in [-0.3, -0.25) is 4.79 Å². The van der Waals surface area contributed by atoms with Crippen molar-refractivity contribution in [3.63, 3.8) is 0 Å². The summed E-state index contributed by atoms with van der Waals surface area (Å²) >= 11 is 0. The minimum Gasteiger partial charge on any atom is -0.464 e. The molecular weight excluding hydrogens is 316 g/mol. The first-order chi connectivity index (χ1) is 12.2. The van der Waals surface area contributed by atoms with Crippen LogP contribution in [0.3, 0.4) is 0 Å². The summed E-state index contributed by atoms with van der Waals surface area (Å²) in [5.41, 5.74) is 2.51. The van der Waals surface area contributed by atoms with Crippen LogP contribution in [0.25, 0.3) is 22.4 Å². The summed E-state index contributed by atoms with van der Waals surface area (Å²) in [6.07, 6.45) is 9.20. The highest BCUT2D eigenvalue weighted by atomic mass is 16.3. The molecule has 0 bridgehead atoms. The summed E-state index contributed by atoms with van der Waals surface area (Å²) in [5, 5.41) is 8.62. The molecule has 3 aromatic heterocycles.